The van der Waals surface area contributed by atoms with Crippen molar-refractivity contribution in [2.24, 2.45) is 0 Å². The van der Waals surface area contributed by atoms with Gasteiger partial charge in [0.15, 0.2) is 0 Å². The molecule has 1 atom stereocenters. The first-order valence-electron chi connectivity index (χ1n) is 4.49. The van der Waals surface area contributed by atoms with Crippen molar-refractivity contribution in [2.45, 2.75) is 42.5 Å². The summed E-state index contributed by atoms with van der Waals surface area (Å²) in [6, 6.07) is 0. The van der Waals surface area contributed by atoms with Crippen LogP contribution in [0.25, 0.3) is 0 Å². The fourth-order valence-corrected chi connectivity index (χ4v) is 1.33. The van der Waals surface area contributed by atoms with Crippen molar-refractivity contribution in [3.63, 3.8) is 0 Å². The zero-order chi connectivity index (χ0) is 11.2. The van der Waals surface area contributed by atoms with Gasteiger partial charge in [0.1, 0.15) is 6.10 Å². The third-order valence-corrected chi connectivity index (χ3v) is 2.68. The lowest BCUT2D eigenvalue weighted by molar-refractivity contribution is 0.227. The van der Waals surface area contributed by atoms with Crippen molar-refractivity contribution in [3.8, 4) is 0 Å². The highest BCUT2D eigenvalue weighted by Crippen LogP contribution is 2.32. The van der Waals surface area contributed by atoms with Crippen LogP contribution in [0.5, 0.6) is 0 Å². The maximum absolute atomic E-state index is 9.36. The van der Waals surface area contributed by atoms with Gasteiger partial charge < -0.3 is 5.11 Å². The largest absolute Gasteiger partial charge is 0.384 e. The number of aliphatic hydroxyl groups excluding tert-OH is 1. The Bertz CT molecular complexity index is 186. The first-order chi connectivity index (χ1) is 6.38. The summed E-state index contributed by atoms with van der Waals surface area (Å²) in [5.41, 5.74) is 0. The summed E-state index contributed by atoms with van der Waals surface area (Å²) in [5.74, 6) is 0. The Labute approximate surface area is 105 Å². The first-order valence-corrected chi connectivity index (χ1v) is 6.00. The van der Waals surface area contributed by atoms with Crippen molar-refractivity contribution in [3.05, 3.63) is 11.1 Å². The lowest BCUT2D eigenvalue weighted by atomic mass is 10.2. The predicted molar refractivity (Wildman–Crippen MR) is 64.4 cm³/mol. The second kappa shape index (κ2) is 7.19. The van der Waals surface area contributed by atoms with Crippen LogP contribution in [0.1, 0.15) is 32.6 Å². The monoisotopic (exact) mass is 278 g/mol. The van der Waals surface area contributed by atoms with E-state index in [0.717, 1.165) is 19.3 Å². The maximum atomic E-state index is 9.36. The van der Waals surface area contributed by atoms with Gasteiger partial charge in [0, 0.05) is 5.03 Å². The molecule has 1 N–H and O–H groups in total. The van der Waals surface area contributed by atoms with E-state index in [1.807, 2.05) is 0 Å². The Morgan fingerprint density at radius 3 is 2.36 bits per heavy atom. The minimum Gasteiger partial charge on any atom is -0.384 e. The number of aliphatic hydroxyl groups is 1. The second-order valence-corrected chi connectivity index (χ2v) is 5.91. The normalized spacial score (nSPS) is 15.7. The van der Waals surface area contributed by atoms with Gasteiger partial charge in [-0.05, 0) is 18.9 Å². The number of hydrogen-bond acceptors (Lipinski definition) is 1. The molecule has 0 heterocycles. The van der Waals surface area contributed by atoms with Crippen molar-refractivity contribution in [1.82, 2.24) is 0 Å². The molecule has 0 radical (unpaired) electrons. The average Bonchev–Trinajstić information content (AvgIpc) is 2.03. The van der Waals surface area contributed by atoms with Gasteiger partial charge in [-0.2, -0.15) is 0 Å². The lowest BCUT2D eigenvalue weighted by Crippen LogP contribution is -2.22. The van der Waals surface area contributed by atoms with Crippen LogP contribution in [0.2, 0.25) is 0 Å². The fraction of sp³-hybridized carbons (Fsp3) is 0.778. The molecule has 0 saturated heterocycles. The van der Waals surface area contributed by atoms with Crippen LogP contribution in [0.4, 0.5) is 0 Å². The van der Waals surface area contributed by atoms with E-state index in [-0.39, 0.29) is 0 Å². The maximum Gasteiger partial charge on any atom is 0.219 e. The third kappa shape index (κ3) is 7.19. The summed E-state index contributed by atoms with van der Waals surface area (Å²) in [7, 11) is 0. The van der Waals surface area contributed by atoms with Crippen molar-refractivity contribution >= 4 is 46.4 Å². The quantitative estimate of drug-likeness (QED) is 0.583. The van der Waals surface area contributed by atoms with Crippen LogP contribution in [0.3, 0.4) is 0 Å². The molecule has 0 aliphatic heterocycles. The SMILES string of the molecule is CCCCC/C(Cl)=C/C(O)C(Cl)(Cl)Cl. The fourth-order valence-electron chi connectivity index (χ4n) is 0.893. The van der Waals surface area contributed by atoms with Crippen molar-refractivity contribution < 1.29 is 5.11 Å². The zero-order valence-corrected chi connectivity index (χ0v) is 11.0. The number of halogens is 4. The molecule has 1 unspecified atom stereocenters. The van der Waals surface area contributed by atoms with Gasteiger partial charge in [-0.1, -0.05) is 66.2 Å². The molecule has 0 spiro atoms. The number of hydrogen-bond donors (Lipinski definition) is 1. The predicted octanol–water partition coefficient (Wildman–Crippen LogP) is 4.42. The van der Waals surface area contributed by atoms with E-state index >= 15 is 0 Å². The third-order valence-electron chi connectivity index (χ3n) is 1.69. The molecule has 0 aliphatic rings. The van der Waals surface area contributed by atoms with E-state index in [9.17, 15) is 5.11 Å². The Morgan fingerprint density at radius 2 is 1.93 bits per heavy atom. The highest BCUT2D eigenvalue weighted by Gasteiger charge is 2.29. The molecule has 0 aromatic heterocycles. The van der Waals surface area contributed by atoms with E-state index in [2.05, 4.69) is 6.92 Å². The number of alkyl halides is 3. The van der Waals surface area contributed by atoms with Gasteiger partial charge in [0.25, 0.3) is 0 Å². The molecule has 14 heavy (non-hydrogen) atoms. The van der Waals surface area contributed by atoms with Gasteiger partial charge in [0.05, 0.1) is 0 Å². The van der Waals surface area contributed by atoms with Crippen LogP contribution in [0, 0.1) is 0 Å². The molecule has 0 aromatic carbocycles. The number of allylic oxidation sites excluding steroid dienone is 1. The molecule has 84 valence electrons. The van der Waals surface area contributed by atoms with E-state index in [1.54, 1.807) is 0 Å². The standard InChI is InChI=1S/C9H14Cl4O/c1-2-3-4-5-7(10)6-8(14)9(11,12)13/h6,8,14H,2-5H2,1H3/b7-6-. The molecular formula is C9H14Cl4O. The summed E-state index contributed by atoms with van der Waals surface area (Å²) >= 11 is 22.2. The van der Waals surface area contributed by atoms with Gasteiger partial charge in [-0.15, -0.1) is 0 Å². The topological polar surface area (TPSA) is 20.2 Å². The van der Waals surface area contributed by atoms with Crippen LogP contribution in [0.15, 0.2) is 11.1 Å². The molecule has 0 amide bonds. The first kappa shape index (κ1) is 14.9. The molecule has 0 rings (SSSR count). The highest BCUT2D eigenvalue weighted by atomic mass is 35.6. The van der Waals surface area contributed by atoms with E-state index in [4.69, 9.17) is 46.4 Å². The van der Waals surface area contributed by atoms with Crippen LogP contribution >= 0.6 is 46.4 Å². The summed E-state index contributed by atoms with van der Waals surface area (Å²) < 4.78 is -1.70. The Balaban J connectivity index is 3.97. The second-order valence-electron chi connectivity index (χ2n) is 3.06. The highest BCUT2D eigenvalue weighted by molar-refractivity contribution is 6.68. The van der Waals surface area contributed by atoms with Crippen molar-refractivity contribution in [1.29, 1.82) is 0 Å². The minimum absolute atomic E-state index is 0.539. The van der Waals surface area contributed by atoms with Gasteiger partial charge in [0.2, 0.25) is 3.79 Å². The van der Waals surface area contributed by atoms with Gasteiger partial charge in [-0.25, -0.2) is 0 Å². The molecule has 0 fully saturated rings. The van der Waals surface area contributed by atoms with Crippen LogP contribution in [-0.4, -0.2) is 15.0 Å². The Morgan fingerprint density at radius 1 is 1.36 bits per heavy atom. The molecule has 0 aliphatic carbocycles. The summed E-state index contributed by atoms with van der Waals surface area (Å²) in [6.45, 7) is 2.10. The Kier molecular flexibility index (Phi) is 7.63. The van der Waals surface area contributed by atoms with Crippen LogP contribution in [-0.2, 0) is 0 Å². The average molecular weight is 280 g/mol. The van der Waals surface area contributed by atoms with Crippen molar-refractivity contribution in [2.75, 3.05) is 0 Å². The zero-order valence-electron chi connectivity index (χ0n) is 7.94. The molecule has 1 nitrogen and oxygen atoms in total. The number of rotatable bonds is 5. The van der Waals surface area contributed by atoms with Crippen LogP contribution < -0.4 is 0 Å². The smallest absolute Gasteiger partial charge is 0.219 e. The number of unbranched alkanes of at least 4 members (excludes halogenated alkanes) is 2. The molecule has 0 aromatic rings. The van der Waals surface area contributed by atoms with E-state index < -0.39 is 9.90 Å². The summed E-state index contributed by atoms with van der Waals surface area (Å²) in [4.78, 5) is 0. The Hall–Kier alpha value is 0.860. The minimum atomic E-state index is -1.70. The summed E-state index contributed by atoms with van der Waals surface area (Å²) in [6.07, 6.45) is 4.16. The van der Waals surface area contributed by atoms with Gasteiger partial charge >= 0.3 is 0 Å². The summed E-state index contributed by atoms with van der Waals surface area (Å²) in [5, 5.41) is 9.90. The molecular weight excluding hydrogens is 266 g/mol. The lowest BCUT2D eigenvalue weighted by Gasteiger charge is -2.15. The molecule has 5 heteroatoms. The van der Waals surface area contributed by atoms with E-state index in [0.29, 0.717) is 11.5 Å². The van der Waals surface area contributed by atoms with Gasteiger partial charge in [-0.3, -0.25) is 0 Å². The molecule has 0 bridgehead atoms. The van der Waals surface area contributed by atoms with E-state index in [1.165, 1.54) is 6.08 Å². The molecule has 0 saturated carbocycles.